The van der Waals surface area contributed by atoms with Crippen molar-refractivity contribution < 1.29 is 26.6 Å². The number of carbonyl (C=O) groups is 1. The third-order valence-electron chi connectivity index (χ3n) is 4.85. The summed E-state index contributed by atoms with van der Waals surface area (Å²) in [5.41, 5.74) is 0. The molecule has 0 aromatic carbocycles. The molecule has 0 heterocycles. The van der Waals surface area contributed by atoms with Gasteiger partial charge in [-0.15, -0.1) is 0 Å². The first-order chi connectivity index (χ1) is 15.0. The number of aliphatic hydroxyl groups is 2. The Hall–Kier alpha value is -0.610. The number of rotatable bonds is 21. The van der Waals surface area contributed by atoms with E-state index in [1.54, 1.807) is 0 Å². The number of carbonyl (C=O) groups excluding carboxylic acids is 1. The van der Waals surface area contributed by atoms with Crippen molar-refractivity contribution in [2.75, 3.05) is 13.1 Å². The van der Waals surface area contributed by atoms with Gasteiger partial charge < -0.3 is 14.9 Å². The molecular weight excluding hydrogens is 340 g/mol. The van der Waals surface area contributed by atoms with E-state index in [4.69, 9.17) is 12.0 Å². The monoisotopic (exact) mass is 391 g/mol. The number of unbranched alkanes of at least 4 members (excludes halogenated alkanes) is 16. The van der Waals surface area contributed by atoms with Crippen LogP contribution in [-0.2, 0) is 9.53 Å². The van der Waals surface area contributed by atoms with E-state index in [-0.39, 0.29) is 6.42 Å². The van der Waals surface area contributed by atoms with Crippen LogP contribution in [0.2, 0.25) is 0 Å². The van der Waals surface area contributed by atoms with Gasteiger partial charge in [0, 0.05) is 6.42 Å². The molecule has 0 aromatic rings. The largest absolute Gasteiger partial charge is 0.463 e. The predicted molar refractivity (Wildman–Crippen MR) is 113 cm³/mol. The molecule has 0 spiro atoms. The van der Waals surface area contributed by atoms with Crippen molar-refractivity contribution in [1.82, 2.24) is 0 Å². The normalized spacial score (nSPS) is 17.2. The van der Waals surface area contributed by atoms with Crippen molar-refractivity contribution in [3.63, 3.8) is 0 Å². The molecule has 0 aromatic heterocycles. The third kappa shape index (κ3) is 21.5. The van der Waals surface area contributed by atoms with Crippen molar-refractivity contribution >= 4 is 5.97 Å². The highest BCUT2D eigenvalue weighted by atomic mass is 16.5. The SMILES string of the molecule is [2H]C([2H])(O)C([2H])(O)C([2H])([2H])OC(=O)CCCCCCCCCCCCCCCCCCC. The average molecular weight is 392 g/mol. The Morgan fingerprint density at radius 2 is 1.19 bits per heavy atom. The lowest BCUT2D eigenvalue weighted by Crippen LogP contribution is -2.21. The molecular formula is C23H46O4. The zero-order valence-electron chi connectivity index (χ0n) is 22.4. The van der Waals surface area contributed by atoms with Crippen LogP contribution in [0.25, 0.3) is 0 Å². The summed E-state index contributed by atoms with van der Waals surface area (Å²) in [6.07, 6.45) is 16.9. The molecule has 2 N–H and O–H groups in total. The minimum atomic E-state index is -3.62. The minimum Gasteiger partial charge on any atom is -0.463 e. The van der Waals surface area contributed by atoms with E-state index in [0.717, 1.165) is 19.3 Å². The molecule has 0 saturated carbocycles. The lowest BCUT2D eigenvalue weighted by molar-refractivity contribution is -0.147. The number of hydrogen-bond acceptors (Lipinski definition) is 4. The highest BCUT2D eigenvalue weighted by Gasteiger charge is 2.07. The Morgan fingerprint density at radius 3 is 1.56 bits per heavy atom. The highest BCUT2D eigenvalue weighted by Crippen LogP contribution is 2.14. The Kier molecular flexibility index (Phi) is 14.8. The van der Waals surface area contributed by atoms with Crippen LogP contribution in [0, 0.1) is 0 Å². The lowest BCUT2D eigenvalue weighted by atomic mass is 10.0. The fraction of sp³-hybridized carbons (Fsp3) is 0.957. The fourth-order valence-corrected chi connectivity index (χ4v) is 3.17. The van der Waals surface area contributed by atoms with Gasteiger partial charge in [0.25, 0.3) is 0 Å². The van der Waals surface area contributed by atoms with E-state index >= 15 is 0 Å². The van der Waals surface area contributed by atoms with Crippen molar-refractivity contribution in [3.8, 4) is 0 Å². The Bertz CT molecular complexity index is 481. The van der Waals surface area contributed by atoms with Gasteiger partial charge in [-0.3, -0.25) is 4.79 Å². The van der Waals surface area contributed by atoms with Crippen LogP contribution in [0.1, 0.15) is 129 Å². The van der Waals surface area contributed by atoms with Crippen LogP contribution in [0.15, 0.2) is 0 Å². The first-order valence-electron chi connectivity index (χ1n) is 13.6. The van der Waals surface area contributed by atoms with Crippen LogP contribution >= 0.6 is 0 Å². The summed E-state index contributed by atoms with van der Waals surface area (Å²) in [6, 6.07) is 0. The first-order valence-corrected chi connectivity index (χ1v) is 11.1. The van der Waals surface area contributed by atoms with Gasteiger partial charge in [-0.2, -0.15) is 0 Å². The van der Waals surface area contributed by atoms with Gasteiger partial charge in [0.1, 0.15) is 12.6 Å². The number of ether oxygens (including phenoxy) is 1. The maximum Gasteiger partial charge on any atom is 0.305 e. The van der Waals surface area contributed by atoms with Gasteiger partial charge in [-0.25, -0.2) is 0 Å². The highest BCUT2D eigenvalue weighted by molar-refractivity contribution is 5.69. The smallest absolute Gasteiger partial charge is 0.305 e. The van der Waals surface area contributed by atoms with Crippen molar-refractivity contribution in [2.24, 2.45) is 0 Å². The van der Waals surface area contributed by atoms with Gasteiger partial charge in [0.15, 0.2) is 0 Å². The lowest BCUT2D eigenvalue weighted by Gasteiger charge is -2.08. The molecule has 0 radical (unpaired) electrons. The standard InChI is InChI=1S/C23H46O4/c1-2-3-4-5-6-7-8-9-10-11-12-13-14-15-16-17-18-19-23(26)27-21-22(25)20-24/h22,24-25H,2-21H2,1H3/i20D2,21D2,22D. The van der Waals surface area contributed by atoms with E-state index in [1.165, 1.54) is 83.5 Å². The van der Waals surface area contributed by atoms with Crippen LogP contribution < -0.4 is 0 Å². The van der Waals surface area contributed by atoms with E-state index in [2.05, 4.69) is 11.7 Å². The summed E-state index contributed by atoms with van der Waals surface area (Å²) in [5.74, 6) is -0.967. The summed E-state index contributed by atoms with van der Waals surface area (Å²) in [7, 11) is 0. The van der Waals surface area contributed by atoms with Crippen LogP contribution in [-0.4, -0.2) is 35.4 Å². The van der Waals surface area contributed by atoms with E-state index in [9.17, 15) is 9.90 Å². The van der Waals surface area contributed by atoms with Gasteiger partial charge in [0.05, 0.1) is 13.4 Å². The van der Waals surface area contributed by atoms with E-state index in [1.807, 2.05) is 0 Å². The number of esters is 1. The molecule has 0 saturated heterocycles. The van der Waals surface area contributed by atoms with Gasteiger partial charge in [-0.05, 0) is 6.42 Å². The summed E-state index contributed by atoms with van der Waals surface area (Å²) in [6.45, 7) is -4.70. The second-order valence-corrected chi connectivity index (χ2v) is 7.44. The minimum absolute atomic E-state index is 0.0807. The maximum atomic E-state index is 11.7. The molecule has 1 unspecified atom stereocenters. The molecule has 0 amide bonds. The Labute approximate surface area is 175 Å². The molecule has 4 heteroatoms. The topological polar surface area (TPSA) is 66.8 Å². The van der Waals surface area contributed by atoms with Crippen molar-refractivity contribution in [1.29, 1.82) is 0 Å². The predicted octanol–water partition coefficient (Wildman–Crippen LogP) is 5.92. The summed E-state index contributed by atoms with van der Waals surface area (Å²) in [4.78, 5) is 11.7. The average Bonchev–Trinajstić information content (AvgIpc) is 2.69. The molecule has 0 aliphatic heterocycles. The molecule has 0 aliphatic carbocycles. The zero-order valence-corrected chi connectivity index (χ0v) is 17.4. The van der Waals surface area contributed by atoms with Crippen molar-refractivity contribution in [3.05, 3.63) is 0 Å². The van der Waals surface area contributed by atoms with E-state index < -0.39 is 25.2 Å². The first kappa shape index (κ1) is 18.4. The van der Waals surface area contributed by atoms with Gasteiger partial charge in [-0.1, -0.05) is 110 Å². The summed E-state index contributed by atoms with van der Waals surface area (Å²) in [5, 5.41) is 18.6. The molecule has 0 rings (SSSR count). The third-order valence-corrected chi connectivity index (χ3v) is 4.85. The Morgan fingerprint density at radius 1 is 0.815 bits per heavy atom. The summed E-state index contributed by atoms with van der Waals surface area (Å²) < 4.78 is 40.3. The molecule has 0 fully saturated rings. The van der Waals surface area contributed by atoms with Crippen molar-refractivity contribution in [2.45, 2.75) is 129 Å². The van der Waals surface area contributed by atoms with Gasteiger partial charge >= 0.3 is 5.97 Å². The van der Waals surface area contributed by atoms with Crippen LogP contribution in [0.4, 0.5) is 0 Å². The van der Waals surface area contributed by atoms with Crippen LogP contribution in [0.5, 0.6) is 0 Å². The van der Waals surface area contributed by atoms with Gasteiger partial charge in [0.2, 0.25) is 0 Å². The van der Waals surface area contributed by atoms with Crippen LogP contribution in [0.3, 0.4) is 0 Å². The maximum absolute atomic E-state index is 11.7. The molecule has 162 valence electrons. The number of hydrogen-bond donors (Lipinski definition) is 2. The molecule has 0 aliphatic rings. The second kappa shape index (κ2) is 21.7. The fourth-order valence-electron chi connectivity index (χ4n) is 3.17. The second-order valence-electron chi connectivity index (χ2n) is 7.44. The Balaban J connectivity index is 3.57. The quantitative estimate of drug-likeness (QED) is 0.188. The molecule has 1 atom stereocenters. The van der Waals surface area contributed by atoms with E-state index in [0.29, 0.717) is 6.42 Å². The molecule has 27 heavy (non-hydrogen) atoms. The molecule has 0 bridgehead atoms. The molecule has 4 nitrogen and oxygen atoms in total. The zero-order chi connectivity index (χ0) is 24.5. The summed E-state index contributed by atoms with van der Waals surface area (Å²) >= 11 is 0.